The van der Waals surface area contributed by atoms with Crippen molar-refractivity contribution in [2.24, 2.45) is 17.8 Å². The van der Waals surface area contributed by atoms with Crippen LogP contribution in [-0.2, 0) is 9.53 Å². The van der Waals surface area contributed by atoms with Gasteiger partial charge in [-0.2, -0.15) is 0 Å². The van der Waals surface area contributed by atoms with Gasteiger partial charge in [-0.05, 0) is 37.7 Å². The molecular weight excluding hydrogens is 348 g/mol. The van der Waals surface area contributed by atoms with E-state index in [1.54, 1.807) is 18.2 Å². The maximum atomic E-state index is 12.1. The van der Waals surface area contributed by atoms with Gasteiger partial charge >= 0.3 is 0 Å². The monoisotopic (exact) mass is 380 g/mol. The molecule has 0 spiro atoms. The third-order valence-corrected chi connectivity index (χ3v) is 5.40. The largest absolute Gasteiger partial charge is 0.498 e. The summed E-state index contributed by atoms with van der Waals surface area (Å²) in [4.78, 5) is 12.1. The number of carbonyl (C=O) groups is 1. The number of hydrogen-bond donors (Lipinski definition) is 4. The number of carbonyl (C=O) groups excluding carboxylic acids is 1. The van der Waals surface area contributed by atoms with Crippen molar-refractivity contribution in [1.82, 2.24) is 0 Å². The number of aliphatic hydroxyl groups is 4. The zero-order valence-corrected chi connectivity index (χ0v) is 15.9. The molecule has 1 fully saturated rings. The first-order chi connectivity index (χ1) is 12.8. The lowest BCUT2D eigenvalue weighted by Crippen LogP contribution is -2.39. The molecule has 152 valence electrons. The molecule has 0 amide bonds. The molecule has 0 aromatic rings. The Morgan fingerprint density at radius 3 is 2.59 bits per heavy atom. The second kappa shape index (κ2) is 10.2. The maximum absolute atomic E-state index is 12.1. The fraction of sp³-hybridized carbons (Fsp3) is 0.667. The third-order valence-electron chi connectivity index (χ3n) is 5.40. The zero-order chi connectivity index (χ0) is 20.0. The van der Waals surface area contributed by atoms with Crippen LogP contribution in [-0.4, -0.2) is 57.2 Å². The molecule has 0 aromatic heterocycles. The Bertz CT molecular complexity index is 569. The summed E-state index contributed by atoms with van der Waals surface area (Å²) in [5.41, 5.74) is 0. The molecule has 6 nitrogen and oxygen atoms in total. The molecule has 1 aliphatic heterocycles. The first-order valence-corrected chi connectivity index (χ1v) is 9.76. The van der Waals surface area contributed by atoms with Gasteiger partial charge in [-0.15, -0.1) is 0 Å². The number of ether oxygens (including phenoxy) is 1. The van der Waals surface area contributed by atoms with E-state index in [1.807, 2.05) is 6.92 Å². The van der Waals surface area contributed by atoms with Gasteiger partial charge in [-0.3, -0.25) is 4.79 Å². The van der Waals surface area contributed by atoms with Crippen LogP contribution in [0.2, 0.25) is 0 Å². The molecule has 6 heteroatoms. The van der Waals surface area contributed by atoms with Crippen LogP contribution in [0.4, 0.5) is 0 Å². The molecule has 0 aromatic carbocycles. The van der Waals surface area contributed by atoms with Crippen molar-refractivity contribution in [3.05, 3.63) is 36.6 Å². The average molecular weight is 380 g/mol. The average Bonchev–Trinajstić information content (AvgIpc) is 2.61. The van der Waals surface area contributed by atoms with Crippen LogP contribution in [0.3, 0.4) is 0 Å². The molecule has 4 N–H and O–H groups in total. The molecule has 1 aliphatic carbocycles. The van der Waals surface area contributed by atoms with Crippen molar-refractivity contribution in [2.45, 2.75) is 63.4 Å². The summed E-state index contributed by atoms with van der Waals surface area (Å²) >= 11 is 0. The summed E-state index contributed by atoms with van der Waals surface area (Å²) < 4.78 is 5.87. The quantitative estimate of drug-likeness (QED) is 0.541. The van der Waals surface area contributed by atoms with E-state index in [4.69, 9.17) is 4.74 Å². The minimum absolute atomic E-state index is 0.0386. The lowest BCUT2D eigenvalue weighted by molar-refractivity contribution is -0.127. The van der Waals surface area contributed by atoms with E-state index in [2.05, 4.69) is 6.58 Å². The summed E-state index contributed by atoms with van der Waals surface area (Å²) in [7, 11) is 0. The highest BCUT2D eigenvalue weighted by Crippen LogP contribution is 2.37. The van der Waals surface area contributed by atoms with Crippen molar-refractivity contribution in [3.63, 3.8) is 0 Å². The summed E-state index contributed by atoms with van der Waals surface area (Å²) in [6, 6.07) is 0. The Morgan fingerprint density at radius 1 is 1.15 bits per heavy atom. The van der Waals surface area contributed by atoms with Gasteiger partial charge in [0, 0.05) is 11.8 Å². The maximum Gasteiger partial charge on any atom is 0.186 e. The van der Waals surface area contributed by atoms with Gasteiger partial charge in [0.05, 0.1) is 30.7 Å². The Hall–Kier alpha value is -1.47. The van der Waals surface area contributed by atoms with E-state index in [9.17, 15) is 25.2 Å². The smallest absolute Gasteiger partial charge is 0.186 e. The molecule has 7 atom stereocenters. The summed E-state index contributed by atoms with van der Waals surface area (Å²) in [5.74, 6) is -0.637. The van der Waals surface area contributed by atoms with Crippen LogP contribution in [0.5, 0.6) is 0 Å². The van der Waals surface area contributed by atoms with Crippen molar-refractivity contribution in [2.75, 3.05) is 6.61 Å². The lowest BCUT2D eigenvalue weighted by atomic mass is 9.74. The van der Waals surface area contributed by atoms with Crippen molar-refractivity contribution in [1.29, 1.82) is 0 Å². The van der Waals surface area contributed by atoms with Crippen LogP contribution in [0.25, 0.3) is 0 Å². The molecule has 1 saturated carbocycles. The molecule has 0 saturated heterocycles. The van der Waals surface area contributed by atoms with E-state index in [0.717, 1.165) is 12.8 Å². The molecular formula is C21H32O6. The second-order valence-electron chi connectivity index (χ2n) is 7.65. The highest BCUT2D eigenvalue weighted by molar-refractivity contribution is 5.93. The van der Waals surface area contributed by atoms with Gasteiger partial charge in [-0.25, -0.2) is 0 Å². The minimum atomic E-state index is -1.48. The Morgan fingerprint density at radius 2 is 1.89 bits per heavy atom. The van der Waals surface area contributed by atoms with E-state index in [-0.39, 0.29) is 30.6 Å². The lowest BCUT2D eigenvalue weighted by Gasteiger charge is -2.37. The zero-order valence-electron chi connectivity index (χ0n) is 15.9. The van der Waals surface area contributed by atoms with Crippen LogP contribution < -0.4 is 0 Å². The first-order valence-electron chi connectivity index (χ1n) is 9.76. The van der Waals surface area contributed by atoms with Crippen LogP contribution >= 0.6 is 0 Å². The standard InChI is InChI=1S/C21H32O6/c1-3-5-14-8-9-18(24)21(26)17(23)7-4-6-15-10-16(22)11-19(25)20(15)13(2)27-12-14/h4,6,8-9,14-17,19-23,25-26H,2-3,5,7,10-12H2,1H3/b6-4+,9-8-. The number of hydrogen-bond acceptors (Lipinski definition) is 6. The molecule has 0 bridgehead atoms. The van der Waals surface area contributed by atoms with Crippen LogP contribution in [0.1, 0.15) is 39.0 Å². The predicted octanol–water partition coefficient (Wildman–Crippen LogP) is 1.49. The van der Waals surface area contributed by atoms with Gasteiger partial charge in [0.2, 0.25) is 0 Å². The fourth-order valence-electron chi connectivity index (χ4n) is 3.88. The van der Waals surface area contributed by atoms with Gasteiger partial charge < -0.3 is 25.2 Å². The van der Waals surface area contributed by atoms with Crippen molar-refractivity contribution in [3.8, 4) is 0 Å². The fourth-order valence-corrected chi connectivity index (χ4v) is 3.88. The topological polar surface area (TPSA) is 107 Å². The highest BCUT2D eigenvalue weighted by atomic mass is 16.5. The summed E-state index contributed by atoms with van der Waals surface area (Å²) in [6.07, 6.45) is 4.93. The van der Waals surface area contributed by atoms with Crippen LogP contribution in [0.15, 0.2) is 36.6 Å². The number of aliphatic hydroxyl groups excluding tert-OH is 4. The van der Waals surface area contributed by atoms with Crippen molar-refractivity contribution >= 4 is 5.78 Å². The molecule has 2 aliphatic rings. The predicted molar refractivity (Wildman–Crippen MR) is 102 cm³/mol. The van der Waals surface area contributed by atoms with Gasteiger partial charge in [0.15, 0.2) is 5.78 Å². The second-order valence-corrected chi connectivity index (χ2v) is 7.65. The Kier molecular flexibility index (Phi) is 8.23. The van der Waals surface area contributed by atoms with Gasteiger partial charge in [0.1, 0.15) is 6.10 Å². The van der Waals surface area contributed by atoms with Gasteiger partial charge in [-0.1, -0.05) is 38.2 Å². The Labute approximate surface area is 160 Å². The Balaban J connectivity index is 2.26. The summed E-state index contributed by atoms with van der Waals surface area (Å²) in [5, 5.41) is 40.6. The number of fused-ring (bicyclic) bond motifs is 1. The number of ketones is 1. The van der Waals surface area contributed by atoms with Crippen LogP contribution in [0, 0.1) is 17.8 Å². The van der Waals surface area contributed by atoms with E-state index in [1.165, 1.54) is 6.08 Å². The third kappa shape index (κ3) is 6.01. The molecule has 1 heterocycles. The van der Waals surface area contributed by atoms with Gasteiger partial charge in [0.25, 0.3) is 0 Å². The SMILES string of the molecule is C=C1OCC(CCC)/C=C\C(=O)C(O)C(O)C/C=C/C2CC(O)CC(O)C12. The molecule has 0 radical (unpaired) electrons. The minimum Gasteiger partial charge on any atom is -0.498 e. The van der Waals surface area contributed by atoms with E-state index in [0.29, 0.717) is 18.8 Å². The van der Waals surface area contributed by atoms with Crippen molar-refractivity contribution < 1.29 is 30.0 Å². The first kappa shape index (κ1) is 21.8. The summed E-state index contributed by atoms with van der Waals surface area (Å²) in [6.45, 7) is 6.35. The molecule has 27 heavy (non-hydrogen) atoms. The number of allylic oxidation sites excluding steroid dienone is 1. The highest BCUT2D eigenvalue weighted by Gasteiger charge is 2.38. The molecule has 7 unspecified atom stereocenters. The number of rotatable bonds is 2. The van der Waals surface area contributed by atoms with E-state index >= 15 is 0 Å². The molecule has 2 rings (SSSR count). The normalized spacial score (nSPS) is 41.1. The van der Waals surface area contributed by atoms with E-state index < -0.39 is 30.2 Å².